The number of thiazole rings is 1. The highest BCUT2D eigenvalue weighted by Gasteiger charge is 2.05. The third-order valence-corrected chi connectivity index (χ3v) is 3.04. The van der Waals surface area contributed by atoms with E-state index in [9.17, 15) is 0 Å². The van der Waals surface area contributed by atoms with Crippen molar-refractivity contribution in [1.82, 2.24) is 9.97 Å². The zero-order chi connectivity index (χ0) is 11.5. The lowest BCUT2D eigenvalue weighted by Crippen LogP contribution is -2.18. The van der Waals surface area contributed by atoms with Gasteiger partial charge in [0.05, 0.1) is 17.2 Å². The molecule has 0 aromatic carbocycles. The fourth-order valence-corrected chi connectivity index (χ4v) is 2.06. The van der Waals surface area contributed by atoms with Crippen LogP contribution in [-0.2, 0) is 6.54 Å². The van der Waals surface area contributed by atoms with Gasteiger partial charge in [-0.3, -0.25) is 0 Å². The summed E-state index contributed by atoms with van der Waals surface area (Å²) in [6.45, 7) is 2.76. The minimum Gasteiger partial charge on any atom is -0.384 e. The second kappa shape index (κ2) is 4.49. The van der Waals surface area contributed by atoms with Crippen LogP contribution in [0, 0.1) is 6.92 Å². The molecule has 0 fully saturated rings. The van der Waals surface area contributed by atoms with Crippen molar-refractivity contribution in [2.75, 3.05) is 17.7 Å². The zero-order valence-electron chi connectivity index (χ0n) is 9.34. The van der Waals surface area contributed by atoms with Crippen LogP contribution < -0.4 is 10.6 Å². The summed E-state index contributed by atoms with van der Waals surface area (Å²) < 4.78 is 0. The number of hydrogen-bond acceptors (Lipinski definition) is 5. The van der Waals surface area contributed by atoms with Gasteiger partial charge in [0.15, 0.2) is 0 Å². The topological polar surface area (TPSA) is 55.0 Å². The molecule has 5 heteroatoms. The van der Waals surface area contributed by atoms with Gasteiger partial charge >= 0.3 is 0 Å². The summed E-state index contributed by atoms with van der Waals surface area (Å²) in [5.41, 5.74) is 6.71. The Balaban J connectivity index is 2.11. The summed E-state index contributed by atoms with van der Waals surface area (Å²) in [6, 6.07) is 5.63. The summed E-state index contributed by atoms with van der Waals surface area (Å²) >= 11 is 1.66. The van der Waals surface area contributed by atoms with E-state index in [0.29, 0.717) is 5.82 Å². The molecule has 2 heterocycles. The Bertz CT molecular complexity index is 480. The quantitative estimate of drug-likeness (QED) is 0.883. The second-order valence-electron chi connectivity index (χ2n) is 3.63. The fraction of sp³-hybridized carbons (Fsp3) is 0.273. The van der Waals surface area contributed by atoms with E-state index in [1.54, 1.807) is 17.4 Å². The maximum Gasteiger partial charge on any atom is 0.131 e. The number of rotatable bonds is 3. The van der Waals surface area contributed by atoms with Gasteiger partial charge in [0.2, 0.25) is 0 Å². The Hall–Kier alpha value is -1.62. The summed E-state index contributed by atoms with van der Waals surface area (Å²) in [6.07, 6.45) is 0. The van der Waals surface area contributed by atoms with Gasteiger partial charge in [-0.25, -0.2) is 9.97 Å². The Morgan fingerprint density at radius 1 is 1.38 bits per heavy atom. The van der Waals surface area contributed by atoms with Gasteiger partial charge in [0, 0.05) is 12.4 Å². The molecule has 16 heavy (non-hydrogen) atoms. The molecule has 2 N–H and O–H groups in total. The smallest absolute Gasteiger partial charge is 0.131 e. The van der Waals surface area contributed by atoms with Crippen molar-refractivity contribution >= 4 is 23.0 Å². The number of hydrogen-bond donors (Lipinski definition) is 1. The normalized spacial score (nSPS) is 10.4. The monoisotopic (exact) mass is 234 g/mol. The summed E-state index contributed by atoms with van der Waals surface area (Å²) in [7, 11) is 1.98. The SMILES string of the molecule is Cc1nc(CN(C)c2cccc(N)n2)cs1. The number of aromatic nitrogens is 2. The number of nitrogens with zero attached hydrogens (tertiary/aromatic N) is 3. The van der Waals surface area contributed by atoms with Crippen LogP contribution in [-0.4, -0.2) is 17.0 Å². The molecule has 0 unspecified atom stereocenters. The molecular weight excluding hydrogens is 220 g/mol. The summed E-state index contributed by atoms with van der Waals surface area (Å²) in [5, 5.41) is 3.15. The van der Waals surface area contributed by atoms with Crippen LogP contribution >= 0.6 is 11.3 Å². The average Bonchev–Trinajstić information content (AvgIpc) is 2.64. The molecule has 0 atom stereocenters. The standard InChI is InChI=1S/C11H14N4S/c1-8-13-9(7-16-8)6-15(2)11-5-3-4-10(12)14-11/h3-5,7H,6H2,1-2H3,(H2,12,14). The Morgan fingerprint density at radius 3 is 2.81 bits per heavy atom. The van der Waals surface area contributed by atoms with E-state index in [0.717, 1.165) is 23.1 Å². The third-order valence-electron chi connectivity index (χ3n) is 2.21. The van der Waals surface area contributed by atoms with Crippen LogP contribution in [0.15, 0.2) is 23.6 Å². The predicted molar refractivity (Wildman–Crippen MR) is 67.6 cm³/mol. The minimum atomic E-state index is 0.541. The molecule has 0 saturated heterocycles. The number of anilines is 2. The van der Waals surface area contributed by atoms with E-state index in [4.69, 9.17) is 5.73 Å². The third kappa shape index (κ3) is 2.49. The van der Waals surface area contributed by atoms with Crippen molar-refractivity contribution in [3.05, 3.63) is 34.3 Å². The van der Waals surface area contributed by atoms with Crippen LogP contribution in [0.2, 0.25) is 0 Å². The Labute approximate surface area is 98.8 Å². The van der Waals surface area contributed by atoms with Crippen molar-refractivity contribution in [3.8, 4) is 0 Å². The molecule has 0 spiro atoms. The summed E-state index contributed by atoms with van der Waals surface area (Å²) in [4.78, 5) is 10.7. The van der Waals surface area contributed by atoms with Gasteiger partial charge in [-0.05, 0) is 19.1 Å². The maximum atomic E-state index is 5.64. The number of nitrogens with two attached hydrogens (primary N) is 1. The van der Waals surface area contributed by atoms with E-state index < -0.39 is 0 Å². The maximum absolute atomic E-state index is 5.64. The molecule has 4 nitrogen and oxygen atoms in total. The molecule has 0 bridgehead atoms. The zero-order valence-corrected chi connectivity index (χ0v) is 10.2. The second-order valence-corrected chi connectivity index (χ2v) is 4.70. The fourth-order valence-electron chi connectivity index (χ4n) is 1.46. The van der Waals surface area contributed by atoms with Crippen molar-refractivity contribution < 1.29 is 0 Å². The van der Waals surface area contributed by atoms with Gasteiger partial charge < -0.3 is 10.6 Å². The van der Waals surface area contributed by atoms with Gasteiger partial charge in [-0.2, -0.15) is 0 Å². The highest BCUT2D eigenvalue weighted by molar-refractivity contribution is 7.09. The molecule has 2 aromatic heterocycles. The lowest BCUT2D eigenvalue weighted by molar-refractivity contribution is 0.871. The van der Waals surface area contributed by atoms with Crippen molar-refractivity contribution in [2.45, 2.75) is 13.5 Å². The Morgan fingerprint density at radius 2 is 2.19 bits per heavy atom. The lowest BCUT2D eigenvalue weighted by Gasteiger charge is -2.16. The average molecular weight is 234 g/mol. The minimum absolute atomic E-state index is 0.541. The van der Waals surface area contributed by atoms with Crippen LogP contribution in [0.25, 0.3) is 0 Å². The first-order valence-electron chi connectivity index (χ1n) is 5.00. The lowest BCUT2D eigenvalue weighted by atomic mass is 10.4. The highest BCUT2D eigenvalue weighted by atomic mass is 32.1. The van der Waals surface area contributed by atoms with Gasteiger partial charge in [0.1, 0.15) is 11.6 Å². The van der Waals surface area contributed by atoms with Crippen LogP contribution in [0.5, 0.6) is 0 Å². The first kappa shape index (κ1) is 10.9. The first-order chi connectivity index (χ1) is 7.65. The van der Waals surface area contributed by atoms with E-state index in [-0.39, 0.29) is 0 Å². The largest absolute Gasteiger partial charge is 0.384 e. The van der Waals surface area contributed by atoms with Crippen molar-refractivity contribution in [3.63, 3.8) is 0 Å². The van der Waals surface area contributed by atoms with E-state index in [2.05, 4.69) is 15.3 Å². The highest BCUT2D eigenvalue weighted by Crippen LogP contribution is 2.15. The van der Waals surface area contributed by atoms with Crippen molar-refractivity contribution in [2.24, 2.45) is 0 Å². The summed E-state index contributed by atoms with van der Waals surface area (Å²) in [5.74, 6) is 1.41. The van der Waals surface area contributed by atoms with E-state index in [1.807, 2.05) is 31.0 Å². The Kier molecular flexibility index (Phi) is 3.05. The van der Waals surface area contributed by atoms with Gasteiger partial charge in [0.25, 0.3) is 0 Å². The molecule has 0 aliphatic rings. The number of pyridine rings is 1. The van der Waals surface area contributed by atoms with Gasteiger partial charge in [-0.1, -0.05) is 6.07 Å². The number of nitrogen functional groups attached to an aromatic ring is 1. The molecule has 0 aliphatic heterocycles. The molecule has 84 valence electrons. The molecule has 2 aromatic rings. The molecule has 0 amide bonds. The molecule has 0 aliphatic carbocycles. The predicted octanol–water partition coefficient (Wildman–Crippen LogP) is 2.07. The van der Waals surface area contributed by atoms with E-state index in [1.165, 1.54) is 0 Å². The van der Waals surface area contributed by atoms with Crippen LogP contribution in [0.1, 0.15) is 10.7 Å². The molecule has 2 rings (SSSR count). The van der Waals surface area contributed by atoms with Crippen LogP contribution in [0.3, 0.4) is 0 Å². The van der Waals surface area contributed by atoms with Gasteiger partial charge in [-0.15, -0.1) is 11.3 Å². The number of aryl methyl sites for hydroxylation is 1. The molecular formula is C11H14N4S. The molecule has 0 radical (unpaired) electrons. The van der Waals surface area contributed by atoms with Crippen molar-refractivity contribution in [1.29, 1.82) is 0 Å². The van der Waals surface area contributed by atoms with E-state index >= 15 is 0 Å². The molecule has 0 saturated carbocycles. The van der Waals surface area contributed by atoms with Crippen LogP contribution in [0.4, 0.5) is 11.6 Å². The first-order valence-corrected chi connectivity index (χ1v) is 5.88.